The largest absolute Gasteiger partial charge is 0.497 e. The average molecular weight is 343 g/mol. The standard InChI is InChI=1S/C18H15ClN2O3/c1-23-14-6-4-12-5-7-15(10-13(12)9-14)24-11-17(22)21-16-3-2-8-20-18(16)19/h2-10H,11H2,1H3,(H,21,22). The van der Waals surface area contributed by atoms with Crippen molar-refractivity contribution in [2.24, 2.45) is 0 Å². The Kier molecular flexibility index (Phi) is 4.82. The van der Waals surface area contributed by atoms with Crippen LogP contribution in [0.1, 0.15) is 0 Å². The van der Waals surface area contributed by atoms with Crippen LogP contribution in [-0.4, -0.2) is 24.6 Å². The SMILES string of the molecule is COc1ccc2ccc(OCC(=O)Nc3cccnc3Cl)cc2c1. The average Bonchev–Trinajstić information content (AvgIpc) is 2.61. The highest BCUT2D eigenvalue weighted by atomic mass is 35.5. The van der Waals surface area contributed by atoms with E-state index in [0.29, 0.717) is 11.4 Å². The molecular formula is C18H15ClN2O3. The molecule has 0 bridgehead atoms. The number of benzene rings is 2. The molecule has 3 rings (SSSR count). The van der Waals surface area contributed by atoms with Gasteiger partial charge in [-0.05, 0) is 47.2 Å². The molecule has 0 spiro atoms. The molecule has 0 aliphatic carbocycles. The molecule has 5 nitrogen and oxygen atoms in total. The second-order valence-electron chi connectivity index (χ2n) is 5.05. The topological polar surface area (TPSA) is 60.5 Å². The summed E-state index contributed by atoms with van der Waals surface area (Å²) in [7, 11) is 1.62. The fourth-order valence-corrected chi connectivity index (χ4v) is 2.40. The number of nitrogens with zero attached hydrogens (tertiary/aromatic N) is 1. The van der Waals surface area contributed by atoms with Crippen LogP contribution in [0, 0.1) is 0 Å². The number of anilines is 1. The Labute approximate surface area is 144 Å². The van der Waals surface area contributed by atoms with E-state index in [-0.39, 0.29) is 17.7 Å². The van der Waals surface area contributed by atoms with Gasteiger partial charge in [-0.3, -0.25) is 4.79 Å². The van der Waals surface area contributed by atoms with Crippen LogP contribution in [0.15, 0.2) is 54.7 Å². The third-order valence-electron chi connectivity index (χ3n) is 3.42. The number of fused-ring (bicyclic) bond motifs is 1. The maximum Gasteiger partial charge on any atom is 0.262 e. The van der Waals surface area contributed by atoms with Crippen molar-refractivity contribution in [1.82, 2.24) is 4.98 Å². The minimum absolute atomic E-state index is 0.124. The number of rotatable bonds is 5. The number of amides is 1. The van der Waals surface area contributed by atoms with Gasteiger partial charge in [0.2, 0.25) is 0 Å². The lowest BCUT2D eigenvalue weighted by Gasteiger charge is -2.09. The number of hydrogen-bond donors (Lipinski definition) is 1. The summed E-state index contributed by atoms with van der Waals surface area (Å²) in [4.78, 5) is 15.9. The van der Waals surface area contributed by atoms with E-state index in [4.69, 9.17) is 21.1 Å². The number of pyridine rings is 1. The summed E-state index contributed by atoms with van der Waals surface area (Å²) in [5, 5.41) is 4.94. The summed E-state index contributed by atoms with van der Waals surface area (Å²) in [6, 6.07) is 14.8. The van der Waals surface area contributed by atoms with E-state index < -0.39 is 0 Å². The Morgan fingerprint density at radius 2 is 1.88 bits per heavy atom. The molecule has 1 N–H and O–H groups in total. The van der Waals surface area contributed by atoms with E-state index >= 15 is 0 Å². The van der Waals surface area contributed by atoms with Gasteiger partial charge < -0.3 is 14.8 Å². The first kappa shape index (κ1) is 16.1. The monoisotopic (exact) mass is 342 g/mol. The lowest BCUT2D eigenvalue weighted by atomic mass is 10.1. The van der Waals surface area contributed by atoms with E-state index in [0.717, 1.165) is 16.5 Å². The number of nitrogens with one attached hydrogen (secondary N) is 1. The van der Waals surface area contributed by atoms with Gasteiger partial charge in [0.1, 0.15) is 11.5 Å². The summed E-state index contributed by atoms with van der Waals surface area (Å²) in [5.41, 5.74) is 0.455. The second kappa shape index (κ2) is 7.19. The fraction of sp³-hybridized carbons (Fsp3) is 0.111. The molecule has 1 heterocycles. The molecule has 0 unspecified atom stereocenters. The Morgan fingerprint density at radius 3 is 2.62 bits per heavy atom. The van der Waals surface area contributed by atoms with E-state index in [1.165, 1.54) is 0 Å². The lowest BCUT2D eigenvalue weighted by Crippen LogP contribution is -2.20. The second-order valence-corrected chi connectivity index (χ2v) is 5.41. The molecule has 2 aromatic carbocycles. The summed E-state index contributed by atoms with van der Waals surface area (Å²) < 4.78 is 10.8. The molecule has 24 heavy (non-hydrogen) atoms. The maximum atomic E-state index is 12.0. The molecule has 0 aliphatic heterocycles. The van der Waals surface area contributed by atoms with Crippen molar-refractivity contribution >= 4 is 34.0 Å². The molecule has 6 heteroatoms. The first-order valence-electron chi connectivity index (χ1n) is 7.27. The summed E-state index contributed by atoms with van der Waals surface area (Å²) in [6.07, 6.45) is 1.55. The van der Waals surface area contributed by atoms with Gasteiger partial charge in [0.25, 0.3) is 5.91 Å². The van der Waals surface area contributed by atoms with Crippen LogP contribution < -0.4 is 14.8 Å². The molecule has 122 valence electrons. The molecule has 3 aromatic rings. The van der Waals surface area contributed by atoms with Gasteiger partial charge in [0.15, 0.2) is 11.8 Å². The molecule has 0 aliphatic rings. The van der Waals surface area contributed by atoms with Crippen molar-refractivity contribution in [3.05, 3.63) is 59.9 Å². The zero-order valence-corrected chi connectivity index (χ0v) is 13.7. The van der Waals surface area contributed by atoms with Gasteiger partial charge in [-0.25, -0.2) is 4.98 Å². The summed E-state index contributed by atoms with van der Waals surface area (Å²) >= 11 is 5.90. The molecule has 0 saturated carbocycles. The first-order valence-corrected chi connectivity index (χ1v) is 7.64. The molecule has 0 saturated heterocycles. The van der Waals surface area contributed by atoms with Gasteiger partial charge in [0, 0.05) is 6.20 Å². The molecule has 1 amide bonds. The van der Waals surface area contributed by atoms with Crippen molar-refractivity contribution in [2.75, 3.05) is 19.0 Å². The summed E-state index contributed by atoms with van der Waals surface area (Å²) in [5.74, 6) is 1.06. The third-order valence-corrected chi connectivity index (χ3v) is 3.72. The van der Waals surface area contributed by atoms with E-state index in [1.54, 1.807) is 25.4 Å². The number of carbonyl (C=O) groups is 1. The van der Waals surface area contributed by atoms with Crippen LogP contribution in [0.3, 0.4) is 0 Å². The van der Waals surface area contributed by atoms with E-state index in [2.05, 4.69) is 10.3 Å². The quantitative estimate of drug-likeness (QED) is 0.714. The zero-order chi connectivity index (χ0) is 16.9. The van der Waals surface area contributed by atoms with Gasteiger partial charge in [0.05, 0.1) is 12.8 Å². The van der Waals surface area contributed by atoms with E-state index in [9.17, 15) is 4.79 Å². The number of carbonyl (C=O) groups excluding carboxylic acids is 1. The van der Waals surface area contributed by atoms with Crippen LogP contribution in [0.5, 0.6) is 11.5 Å². The van der Waals surface area contributed by atoms with E-state index in [1.807, 2.05) is 36.4 Å². The normalized spacial score (nSPS) is 10.4. The van der Waals surface area contributed by atoms with Crippen LogP contribution in [0.25, 0.3) is 10.8 Å². The van der Waals surface area contributed by atoms with Crippen LogP contribution in [0.2, 0.25) is 5.15 Å². The van der Waals surface area contributed by atoms with Gasteiger partial charge >= 0.3 is 0 Å². The number of halogens is 1. The van der Waals surface area contributed by atoms with Gasteiger partial charge in [-0.2, -0.15) is 0 Å². The highest BCUT2D eigenvalue weighted by Gasteiger charge is 2.07. The smallest absolute Gasteiger partial charge is 0.262 e. The van der Waals surface area contributed by atoms with Crippen molar-refractivity contribution in [1.29, 1.82) is 0 Å². The number of hydrogen-bond acceptors (Lipinski definition) is 4. The van der Waals surface area contributed by atoms with Crippen LogP contribution >= 0.6 is 11.6 Å². The number of aromatic nitrogens is 1. The molecule has 0 fully saturated rings. The lowest BCUT2D eigenvalue weighted by molar-refractivity contribution is -0.118. The molecule has 0 atom stereocenters. The highest BCUT2D eigenvalue weighted by molar-refractivity contribution is 6.32. The molecule has 0 radical (unpaired) electrons. The minimum atomic E-state index is -0.310. The number of ether oxygens (including phenoxy) is 2. The van der Waals surface area contributed by atoms with Crippen molar-refractivity contribution < 1.29 is 14.3 Å². The highest BCUT2D eigenvalue weighted by Crippen LogP contribution is 2.25. The van der Waals surface area contributed by atoms with Crippen LogP contribution in [0.4, 0.5) is 5.69 Å². The Hall–Kier alpha value is -2.79. The zero-order valence-electron chi connectivity index (χ0n) is 13.0. The molecule has 1 aromatic heterocycles. The minimum Gasteiger partial charge on any atom is -0.497 e. The van der Waals surface area contributed by atoms with Crippen molar-refractivity contribution in [3.8, 4) is 11.5 Å². The van der Waals surface area contributed by atoms with Crippen molar-refractivity contribution in [3.63, 3.8) is 0 Å². The van der Waals surface area contributed by atoms with Crippen LogP contribution in [-0.2, 0) is 4.79 Å². The fourth-order valence-electron chi connectivity index (χ4n) is 2.23. The third kappa shape index (κ3) is 3.75. The Balaban J connectivity index is 1.66. The summed E-state index contributed by atoms with van der Waals surface area (Å²) in [6.45, 7) is -0.124. The van der Waals surface area contributed by atoms with Gasteiger partial charge in [-0.1, -0.05) is 23.7 Å². The predicted molar refractivity (Wildman–Crippen MR) is 93.9 cm³/mol. The number of methoxy groups -OCH3 is 1. The molecular weight excluding hydrogens is 328 g/mol. The van der Waals surface area contributed by atoms with Gasteiger partial charge in [-0.15, -0.1) is 0 Å². The Morgan fingerprint density at radius 1 is 1.12 bits per heavy atom. The Bertz CT molecular complexity index is 883. The van der Waals surface area contributed by atoms with Crippen molar-refractivity contribution in [2.45, 2.75) is 0 Å². The predicted octanol–water partition coefficient (Wildman–Crippen LogP) is 3.91. The maximum absolute atomic E-state index is 12.0. The first-order chi connectivity index (χ1) is 11.7.